The van der Waals surface area contributed by atoms with E-state index in [0.29, 0.717) is 10.8 Å². The van der Waals surface area contributed by atoms with Crippen molar-refractivity contribution in [2.45, 2.75) is 4.90 Å². The summed E-state index contributed by atoms with van der Waals surface area (Å²) in [4.78, 5) is 4.33. The monoisotopic (exact) mass is 320 g/mol. The number of hydrogen-bond acceptors (Lipinski definition) is 6. The van der Waals surface area contributed by atoms with Crippen molar-refractivity contribution in [3.63, 3.8) is 0 Å². The molecule has 0 saturated heterocycles. The summed E-state index contributed by atoms with van der Waals surface area (Å²) in [6.45, 7) is 0. The minimum absolute atomic E-state index is 0.0757. The third-order valence-corrected chi connectivity index (χ3v) is 5.33. The fourth-order valence-corrected chi connectivity index (χ4v) is 4.18. The third kappa shape index (κ3) is 2.68. The average Bonchev–Trinajstić information content (AvgIpc) is 2.88. The number of sulfonamides is 1. The maximum absolute atomic E-state index is 12.4. The lowest BCUT2D eigenvalue weighted by molar-refractivity contribution is 0.601. The summed E-state index contributed by atoms with van der Waals surface area (Å²) in [6, 6.07) is 13.9. The van der Waals surface area contributed by atoms with Crippen LogP contribution in [0.15, 0.2) is 53.4 Å². The first-order valence-electron chi connectivity index (χ1n) is 6.04. The van der Waals surface area contributed by atoms with E-state index in [9.17, 15) is 8.42 Å². The van der Waals surface area contributed by atoms with Gasteiger partial charge in [0.05, 0.1) is 15.9 Å². The van der Waals surface area contributed by atoms with E-state index < -0.39 is 10.0 Å². The number of aromatic nitrogens is 1. The Bertz CT molecular complexity index is 857. The molecule has 0 aliphatic carbocycles. The molecule has 6 nitrogen and oxygen atoms in total. The summed E-state index contributed by atoms with van der Waals surface area (Å²) in [5.74, 6) is 5.35. The first-order valence-corrected chi connectivity index (χ1v) is 8.34. The van der Waals surface area contributed by atoms with Gasteiger partial charge in [-0.2, -0.15) is 0 Å². The van der Waals surface area contributed by atoms with Crippen LogP contribution in [0.4, 0.5) is 10.8 Å². The van der Waals surface area contributed by atoms with E-state index in [2.05, 4.69) is 15.1 Å². The largest absolute Gasteiger partial charge is 0.323 e. The summed E-state index contributed by atoms with van der Waals surface area (Å²) >= 11 is 1.28. The van der Waals surface area contributed by atoms with Crippen LogP contribution in [0.2, 0.25) is 0 Å². The second kappa shape index (κ2) is 5.32. The Morgan fingerprint density at radius 1 is 1.05 bits per heavy atom. The van der Waals surface area contributed by atoms with Crippen LogP contribution in [0.1, 0.15) is 0 Å². The molecule has 0 spiro atoms. The molecule has 1 aromatic heterocycles. The molecule has 21 heavy (non-hydrogen) atoms. The Morgan fingerprint density at radius 2 is 1.76 bits per heavy atom. The van der Waals surface area contributed by atoms with E-state index in [-0.39, 0.29) is 4.90 Å². The van der Waals surface area contributed by atoms with E-state index in [0.717, 1.165) is 10.2 Å². The Hall–Kier alpha value is -2.16. The van der Waals surface area contributed by atoms with Gasteiger partial charge in [-0.15, -0.1) is 0 Å². The standard InChI is InChI=1S/C13H12N4O2S2/c14-16-10-6-2-4-8-12(10)21(18,19)17-13-15-9-5-1-3-7-11(9)20-13/h1-8,16H,14H2,(H,15,17). The Labute approximate surface area is 125 Å². The van der Waals surface area contributed by atoms with Crippen LogP contribution in [-0.2, 0) is 10.0 Å². The molecule has 108 valence electrons. The molecule has 3 rings (SSSR count). The maximum atomic E-state index is 12.4. The molecule has 0 unspecified atom stereocenters. The predicted octanol–water partition coefficient (Wildman–Crippen LogP) is 2.38. The van der Waals surface area contributed by atoms with Gasteiger partial charge in [0.2, 0.25) is 0 Å². The zero-order valence-corrected chi connectivity index (χ0v) is 12.4. The second-order valence-corrected chi connectivity index (χ2v) is 6.91. The Morgan fingerprint density at radius 3 is 2.52 bits per heavy atom. The molecule has 3 aromatic rings. The van der Waals surface area contributed by atoms with Gasteiger partial charge in [-0.25, -0.2) is 13.4 Å². The number of anilines is 2. The van der Waals surface area contributed by atoms with Crippen molar-refractivity contribution in [1.82, 2.24) is 4.98 Å². The molecule has 0 aliphatic heterocycles. The normalized spacial score (nSPS) is 11.5. The molecular weight excluding hydrogens is 308 g/mol. The van der Waals surface area contributed by atoms with Crippen molar-refractivity contribution in [1.29, 1.82) is 0 Å². The third-order valence-electron chi connectivity index (χ3n) is 2.85. The zero-order chi connectivity index (χ0) is 14.9. The summed E-state index contributed by atoms with van der Waals surface area (Å²) in [7, 11) is -3.75. The fraction of sp³-hybridized carbons (Fsp3) is 0. The molecule has 0 atom stereocenters. The van der Waals surface area contributed by atoms with Gasteiger partial charge in [-0.1, -0.05) is 35.6 Å². The van der Waals surface area contributed by atoms with Crippen LogP contribution < -0.4 is 16.0 Å². The number of hydrogen-bond donors (Lipinski definition) is 3. The number of nitrogens with one attached hydrogen (secondary N) is 2. The number of nitrogen functional groups attached to an aromatic ring is 1. The Balaban J connectivity index is 1.99. The molecule has 0 bridgehead atoms. The number of benzene rings is 2. The number of nitrogens with two attached hydrogens (primary N) is 1. The SMILES string of the molecule is NNc1ccccc1S(=O)(=O)Nc1nc2ccccc2s1. The lowest BCUT2D eigenvalue weighted by atomic mass is 10.3. The van der Waals surface area contributed by atoms with Crippen LogP contribution in [0, 0.1) is 0 Å². The average molecular weight is 320 g/mol. The van der Waals surface area contributed by atoms with Gasteiger partial charge in [0, 0.05) is 0 Å². The minimum atomic E-state index is -3.75. The molecule has 0 radical (unpaired) electrons. The summed E-state index contributed by atoms with van der Waals surface area (Å²) in [5, 5.41) is 0.322. The van der Waals surface area contributed by atoms with E-state index >= 15 is 0 Å². The highest BCUT2D eigenvalue weighted by Crippen LogP contribution is 2.28. The number of thiazole rings is 1. The number of rotatable bonds is 4. The molecule has 2 aromatic carbocycles. The molecule has 4 N–H and O–H groups in total. The van der Waals surface area contributed by atoms with E-state index in [1.807, 2.05) is 24.3 Å². The van der Waals surface area contributed by atoms with Crippen molar-refractivity contribution in [3.05, 3.63) is 48.5 Å². The molecular formula is C13H12N4O2S2. The Kier molecular flexibility index (Phi) is 3.50. The van der Waals surface area contributed by atoms with Crippen molar-refractivity contribution in [2.75, 3.05) is 10.1 Å². The van der Waals surface area contributed by atoms with Crippen molar-refractivity contribution < 1.29 is 8.42 Å². The molecule has 8 heteroatoms. The van der Waals surface area contributed by atoms with Gasteiger partial charge in [-0.05, 0) is 24.3 Å². The molecule has 0 amide bonds. The smallest absolute Gasteiger partial charge is 0.265 e. The molecule has 0 fully saturated rings. The highest BCUT2D eigenvalue weighted by Gasteiger charge is 2.19. The van der Waals surface area contributed by atoms with Gasteiger partial charge in [0.25, 0.3) is 10.0 Å². The van der Waals surface area contributed by atoms with Crippen LogP contribution in [-0.4, -0.2) is 13.4 Å². The van der Waals surface area contributed by atoms with Crippen LogP contribution in [0.5, 0.6) is 0 Å². The maximum Gasteiger partial charge on any atom is 0.265 e. The van der Waals surface area contributed by atoms with Gasteiger partial charge < -0.3 is 5.43 Å². The predicted molar refractivity (Wildman–Crippen MR) is 84.7 cm³/mol. The zero-order valence-electron chi connectivity index (χ0n) is 10.8. The number of para-hydroxylation sites is 2. The summed E-state index contributed by atoms with van der Waals surface area (Å²) in [6.07, 6.45) is 0. The second-order valence-electron chi connectivity index (χ2n) is 4.23. The number of hydrazine groups is 1. The van der Waals surface area contributed by atoms with Crippen molar-refractivity contribution >= 4 is 42.4 Å². The highest BCUT2D eigenvalue weighted by molar-refractivity contribution is 7.93. The van der Waals surface area contributed by atoms with Crippen LogP contribution >= 0.6 is 11.3 Å². The molecule has 1 heterocycles. The van der Waals surface area contributed by atoms with Crippen LogP contribution in [0.3, 0.4) is 0 Å². The first kappa shape index (κ1) is 13.8. The lowest BCUT2D eigenvalue weighted by Crippen LogP contribution is -2.17. The number of fused-ring (bicyclic) bond motifs is 1. The topological polar surface area (TPSA) is 97.1 Å². The number of nitrogens with zero attached hydrogens (tertiary/aromatic N) is 1. The van der Waals surface area contributed by atoms with Gasteiger partial charge >= 0.3 is 0 Å². The van der Waals surface area contributed by atoms with Crippen LogP contribution in [0.25, 0.3) is 10.2 Å². The lowest BCUT2D eigenvalue weighted by Gasteiger charge is -2.09. The van der Waals surface area contributed by atoms with Gasteiger partial charge in [-0.3, -0.25) is 10.6 Å². The minimum Gasteiger partial charge on any atom is -0.323 e. The fourth-order valence-electron chi connectivity index (χ4n) is 1.91. The quantitative estimate of drug-likeness (QED) is 0.506. The summed E-state index contributed by atoms with van der Waals surface area (Å²) < 4.78 is 28.2. The van der Waals surface area contributed by atoms with E-state index in [1.54, 1.807) is 18.2 Å². The van der Waals surface area contributed by atoms with Gasteiger partial charge in [0.15, 0.2) is 5.13 Å². The molecule has 0 saturated carbocycles. The first-order chi connectivity index (χ1) is 10.1. The summed E-state index contributed by atoms with van der Waals surface area (Å²) in [5.41, 5.74) is 3.46. The van der Waals surface area contributed by atoms with Crippen molar-refractivity contribution in [2.24, 2.45) is 5.84 Å². The van der Waals surface area contributed by atoms with E-state index in [1.165, 1.54) is 17.4 Å². The highest BCUT2D eigenvalue weighted by atomic mass is 32.2. The van der Waals surface area contributed by atoms with Gasteiger partial charge in [0.1, 0.15) is 4.90 Å². The van der Waals surface area contributed by atoms with E-state index in [4.69, 9.17) is 5.84 Å². The van der Waals surface area contributed by atoms with Crippen molar-refractivity contribution in [3.8, 4) is 0 Å². The molecule has 0 aliphatic rings.